The lowest BCUT2D eigenvalue weighted by Crippen LogP contribution is -2.51. The zero-order valence-corrected chi connectivity index (χ0v) is 17.9. The molecule has 154 valence electrons. The van der Waals surface area contributed by atoms with Gasteiger partial charge in [0.2, 0.25) is 11.8 Å². The van der Waals surface area contributed by atoms with Crippen molar-refractivity contribution in [2.24, 2.45) is 0 Å². The van der Waals surface area contributed by atoms with Crippen LogP contribution in [-0.2, 0) is 9.59 Å². The molecular weight excluding hydrogens is 382 g/mol. The maximum atomic E-state index is 13.3. The molecule has 0 aliphatic carbocycles. The fourth-order valence-electron chi connectivity index (χ4n) is 4.47. The largest absolute Gasteiger partial charge is 0.340 e. The molecule has 2 amide bonds. The molecule has 0 radical (unpaired) electrons. The lowest BCUT2D eigenvalue weighted by molar-refractivity contribution is -0.136. The fourth-order valence-corrected chi connectivity index (χ4v) is 5.38. The van der Waals surface area contributed by atoms with Crippen LogP contribution in [0.2, 0.25) is 0 Å². The van der Waals surface area contributed by atoms with Gasteiger partial charge in [-0.05, 0) is 37.8 Å². The molecule has 2 heterocycles. The van der Waals surface area contributed by atoms with Gasteiger partial charge in [-0.3, -0.25) is 14.5 Å². The summed E-state index contributed by atoms with van der Waals surface area (Å²) in [5.74, 6) is 2.31. The molecule has 2 aromatic rings. The van der Waals surface area contributed by atoms with Crippen LogP contribution in [0.1, 0.15) is 19.8 Å². The monoisotopic (exact) mass is 411 g/mol. The summed E-state index contributed by atoms with van der Waals surface area (Å²) >= 11 is 1.91. The Bertz CT molecular complexity index is 876. The molecule has 2 fully saturated rings. The van der Waals surface area contributed by atoms with Crippen LogP contribution in [0.3, 0.4) is 0 Å². The number of carbonyl (C=O) groups is 2. The zero-order chi connectivity index (χ0) is 20.2. The van der Waals surface area contributed by atoms with Crippen molar-refractivity contribution in [1.29, 1.82) is 0 Å². The highest BCUT2D eigenvalue weighted by Gasteiger charge is 2.35. The second kappa shape index (κ2) is 9.18. The number of likely N-dealkylation sites (tertiary alicyclic amines) is 1. The second-order valence-electron chi connectivity index (χ2n) is 7.70. The third-order valence-electron chi connectivity index (χ3n) is 5.98. The fraction of sp³-hybridized carbons (Fsp3) is 0.478. The van der Waals surface area contributed by atoms with Gasteiger partial charge in [-0.1, -0.05) is 36.4 Å². The lowest BCUT2D eigenvalue weighted by atomic mass is 10.1. The molecule has 1 unspecified atom stereocenters. The van der Waals surface area contributed by atoms with Crippen LogP contribution in [0.4, 0.5) is 5.69 Å². The standard InChI is InChI=1S/C23H29N3O2S/c1-2-26(20-10-5-8-18-7-3-4-9-19(18)20)22(27)17-25-12-6-11-21(25)23(28)24-13-15-29-16-14-24/h3-5,7-10,21H,2,6,11-17H2,1H3. The number of hydrogen-bond acceptors (Lipinski definition) is 4. The number of rotatable bonds is 5. The van der Waals surface area contributed by atoms with Crippen molar-refractivity contribution in [3.8, 4) is 0 Å². The van der Waals surface area contributed by atoms with Crippen LogP contribution >= 0.6 is 11.8 Å². The third-order valence-corrected chi connectivity index (χ3v) is 6.93. The highest BCUT2D eigenvalue weighted by molar-refractivity contribution is 7.99. The maximum Gasteiger partial charge on any atom is 0.241 e. The van der Waals surface area contributed by atoms with E-state index in [0.29, 0.717) is 13.1 Å². The number of thioether (sulfide) groups is 1. The topological polar surface area (TPSA) is 43.9 Å². The summed E-state index contributed by atoms with van der Waals surface area (Å²) in [5.41, 5.74) is 0.950. The van der Waals surface area contributed by atoms with Crippen molar-refractivity contribution in [1.82, 2.24) is 9.80 Å². The Hall–Kier alpha value is -2.05. The number of anilines is 1. The maximum absolute atomic E-state index is 13.3. The second-order valence-corrected chi connectivity index (χ2v) is 8.93. The normalized spacial score (nSPS) is 20.2. The summed E-state index contributed by atoms with van der Waals surface area (Å²) in [4.78, 5) is 32.3. The van der Waals surface area contributed by atoms with Crippen LogP contribution in [0.25, 0.3) is 10.8 Å². The van der Waals surface area contributed by atoms with E-state index >= 15 is 0 Å². The molecule has 0 saturated carbocycles. The first-order chi connectivity index (χ1) is 14.2. The molecule has 0 spiro atoms. The Balaban J connectivity index is 1.50. The summed E-state index contributed by atoms with van der Waals surface area (Å²) < 4.78 is 0. The number of nitrogens with zero attached hydrogens (tertiary/aromatic N) is 3. The predicted molar refractivity (Wildman–Crippen MR) is 120 cm³/mol. The quantitative estimate of drug-likeness (QED) is 0.758. The molecule has 1 atom stereocenters. The van der Waals surface area contributed by atoms with Crippen LogP contribution in [0.15, 0.2) is 42.5 Å². The molecule has 2 aliphatic heterocycles. The molecule has 2 aromatic carbocycles. The molecule has 2 aliphatic rings. The lowest BCUT2D eigenvalue weighted by Gasteiger charge is -2.33. The van der Waals surface area contributed by atoms with Gasteiger partial charge in [0.1, 0.15) is 0 Å². The molecule has 0 bridgehead atoms. The summed E-state index contributed by atoms with van der Waals surface area (Å²) in [6, 6.07) is 14.1. The molecule has 4 rings (SSSR count). The first-order valence-corrected chi connectivity index (χ1v) is 11.7. The minimum absolute atomic E-state index is 0.0674. The van der Waals surface area contributed by atoms with Crippen molar-refractivity contribution in [3.05, 3.63) is 42.5 Å². The number of hydrogen-bond donors (Lipinski definition) is 0. The van der Waals surface area contributed by atoms with Crippen molar-refractivity contribution in [2.45, 2.75) is 25.8 Å². The first kappa shape index (κ1) is 20.2. The van der Waals surface area contributed by atoms with Gasteiger partial charge in [0, 0.05) is 36.5 Å². The Morgan fingerprint density at radius 1 is 1.07 bits per heavy atom. The van der Waals surface area contributed by atoms with E-state index in [0.717, 1.165) is 60.4 Å². The molecule has 29 heavy (non-hydrogen) atoms. The van der Waals surface area contributed by atoms with Crippen molar-refractivity contribution in [3.63, 3.8) is 0 Å². The van der Waals surface area contributed by atoms with E-state index in [1.54, 1.807) is 0 Å². The van der Waals surface area contributed by atoms with Crippen molar-refractivity contribution < 1.29 is 9.59 Å². The highest BCUT2D eigenvalue weighted by atomic mass is 32.2. The van der Waals surface area contributed by atoms with Gasteiger partial charge in [0.25, 0.3) is 0 Å². The predicted octanol–water partition coefficient (Wildman–Crippen LogP) is 3.23. The van der Waals surface area contributed by atoms with Gasteiger partial charge >= 0.3 is 0 Å². The van der Waals surface area contributed by atoms with Gasteiger partial charge in [-0.2, -0.15) is 11.8 Å². The van der Waals surface area contributed by atoms with E-state index in [-0.39, 0.29) is 17.9 Å². The van der Waals surface area contributed by atoms with E-state index < -0.39 is 0 Å². The number of benzene rings is 2. The number of amides is 2. The summed E-state index contributed by atoms with van der Waals surface area (Å²) in [5, 5.41) is 2.22. The van der Waals surface area contributed by atoms with Crippen LogP contribution in [-0.4, -0.2) is 71.9 Å². The van der Waals surface area contributed by atoms with Gasteiger partial charge < -0.3 is 9.80 Å². The third kappa shape index (κ3) is 4.28. The van der Waals surface area contributed by atoms with Gasteiger partial charge in [0.05, 0.1) is 18.3 Å². The molecule has 2 saturated heterocycles. The first-order valence-electron chi connectivity index (χ1n) is 10.6. The zero-order valence-electron chi connectivity index (χ0n) is 17.0. The highest BCUT2D eigenvalue weighted by Crippen LogP contribution is 2.28. The van der Waals surface area contributed by atoms with Crippen molar-refractivity contribution >= 4 is 40.0 Å². The van der Waals surface area contributed by atoms with E-state index in [9.17, 15) is 9.59 Å². The minimum atomic E-state index is -0.145. The summed E-state index contributed by atoms with van der Waals surface area (Å²) in [6.45, 7) is 5.41. The average molecular weight is 412 g/mol. The van der Waals surface area contributed by atoms with Gasteiger partial charge in [-0.25, -0.2) is 0 Å². The van der Waals surface area contributed by atoms with Gasteiger partial charge in [0.15, 0.2) is 0 Å². The Morgan fingerprint density at radius 3 is 2.62 bits per heavy atom. The summed E-state index contributed by atoms with van der Waals surface area (Å²) in [6.07, 6.45) is 1.84. The number of likely N-dealkylation sites (N-methyl/N-ethyl adjacent to an activating group) is 1. The van der Waals surface area contributed by atoms with E-state index in [2.05, 4.69) is 23.1 Å². The number of carbonyl (C=O) groups excluding carboxylic acids is 2. The smallest absolute Gasteiger partial charge is 0.241 e. The van der Waals surface area contributed by atoms with Gasteiger partial charge in [-0.15, -0.1) is 0 Å². The van der Waals surface area contributed by atoms with E-state index in [1.807, 2.05) is 52.8 Å². The molecule has 0 aromatic heterocycles. The Kier molecular flexibility index (Phi) is 6.40. The van der Waals surface area contributed by atoms with Crippen LogP contribution in [0, 0.1) is 0 Å². The van der Waals surface area contributed by atoms with E-state index in [1.165, 1.54) is 0 Å². The van der Waals surface area contributed by atoms with Crippen molar-refractivity contribution in [2.75, 3.05) is 49.1 Å². The molecule has 5 nitrogen and oxygen atoms in total. The Morgan fingerprint density at radius 2 is 1.83 bits per heavy atom. The van der Waals surface area contributed by atoms with E-state index in [4.69, 9.17) is 0 Å². The number of fused-ring (bicyclic) bond motifs is 1. The van der Waals surface area contributed by atoms with Crippen LogP contribution < -0.4 is 4.90 Å². The average Bonchev–Trinajstić information content (AvgIpc) is 3.22. The minimum Gasteiger partial charge on any atom is -0.340 e. The molecule has 0 N–H and O–H groups in total. The molecular formula is C23H29N3O2S. The summed E-state index contributed by atoms with van der Waals surface area (Å²) in [7, 11) is 0. The van der Waals surface area contributed by atoms with Crippen LogP contribution in [0.5, 0.6) is 0 Å². The Labute approximate surface area is 177 Å². The molecule has 6 heteroatoms. The SMILES string of the molecule is CCN(C(=O)CN1CCCC1C(=O)N1CCSCC1)c1cccc2ccccc12.